The van der Waals surface area contributed by atoms with E-state index in [0.717, 1.165) is 6.42 Å². The fourth-order valence-corrected chi connectivity index (χ4v) is 0.581. The van der Waals surface area contributed by atoms with Crippen molar-refractivity contribution in [2.45, 2.75) is 6.42 Å². The normalized spacial score (nSPS) is 7.11. The van der Waals surface area contributed by atoms with Gasteiger partial charge < -0.3 is 42.1 Å². The molecule has 1 nitrogen and oxygen atoms in total. The van der Waals surface area contributed by atoms with Gasteiger partial charge in [0.05, 0.1) is 0 Å². The zero-order valence-corrected chi connectivity index (χ0v) is 16.1. The molecule has 4 heteroatoms. The van der Waals surface area contributed by atoms with Crippen LogP contribution in [0, 0.1) is 49.4 Å². The maximum atomic E-state index is 2.99. The number of H-pyrrole nitrogens is 1. The minimum absolute atomic E-state index is 0. The smallest absolute Gasteiger partial charge is 0 e. The minimum atomic E-state index is 0. The van der Waals surface area contributed by atoms with Crippen LogP contribution in [0.2, 0.25) is 0 Å². The standard InChI is InChI=1S/C5H5.C4H4N.5CH3.2ClH.Zr/c2*1-2-4-5-3-1;;;;;;;;/h1-3H,4H2;1-3,5H;5*1H3;2*1H;/q7*-1;;;. The average Bonchev–Trinajstić information content (AvgIpc) is 2.67. The Balaban J connectivity index is -0.0000000128. The molecular formula is C14H26Cl2NZr-7. The van der Waals surface area contributed by atoms with Gasteiger partial charge in [-0.3, -0.25) is 6.08 Å². The van der Waals surface area contributed by atoms with E-state index in [1.54, 1.807) is 0 Å². The second-order valence-corrected chi connectivity index (χ2v) is 1.82. The molecule has 0 bridgehead atoms. The van der Waals surface area contributed by atoms with Crippen LogP contribution in [0.3, 0.4) is 0 Å². The fourth-order valence-electron chi connectivity index (χ4n) is 0.581. The van der Waals surface area contributed by atoms with Crippen molar-refractivity contribution in [1.82, 2.24) is 4.98 Å². The van der Waals surface area contributed by atoms with Crippen LogP contribution in [-0.2, 0) is 26.2 Å². The Bertz CT molecular complexity index is 182. The number of aromatic amines is 1. The molecule has 0 aliphatic heterocycles. The van der Waals surface area contributed by atoms with Gasteiger partial charge in [-0.05, 0) is 0 Å². The quantitative estimate of drug-likeness (QED) is 0.603. The molecule has 0 saturated heterocycles. The van der Waals surface area contributed by atoms with Crippen molar-refractivity contribution in [3.63, 3.8) is 0 Å². The van der Waals surface area contributed by atoms with E-state index >= 15 is 0 Å². The van der Waals surface area contributed by atoms with E-state index in [4.69, 9.17) is 0 Å². The number of hydrogen-bond acceptors (Lipinski definition) is 0. The van der Waals surface area contributed by atoms with Crippen molar-refractivity contribution < 1.29 is 26.2 Å². The van der Waals surface area contributed by atoms with Crippen molar-refractivity contribution in [2.24, 2.45) is 0 Å². The van der Waals surface area contributed by atoms with E-state index in [0.29, 0.717) is 0 Å². The van der Waals surface area contributed by atoms with Crippen LogP contribution in [0.15, 0.2) is 36.6 Å². The predicted octanol–water partition coefficient (Wildman–Crippen LogP) is 5.21. The van der Waals surface area contributed by atoms with Gasteiger partial charge in [0.1, 0.15) is 0 Å². The summed E-state index contributed by atoms with van der Waals surface area (Å²) in [6.07, 6.45) is 14.6. The molecule has 0 aromatic carbocycles. The van der Waals surface area contributed by atoms with E-state index in [1.807, 2.05) is 30.5 Å². The molecule has 1 N–H and O–H groups in total. The van der Waals surface area contributed by atoms with Gasteiger partial charge in [-0.1, -0.05) is 0 Å². The van der Waals surface area contributed by atoms with Crippen LogP contribution in [-0.4, -0.2) is 4.98 Å². The molecule has 0 saturated carbocycles. The molecule has 0 amide bonds. The van der Waals surface area contributed by atoms with E-state index in [2.05, 4.69) is 23.3 Å². The summed E-state index contributed by atoms with van der Waals surface area (Å²) >= 11 is 0. The van der Waals surface area contributed by atoms with Gasteiger partial charge in [-0.15, -0.1) is 37.4 Å². The topological polar surface area (TPSA) is 15.8 Å². The third-order valence-corrected chi connectivity index (χ3v) is 1.03. The molecule has 0 spiro atoms. The van der Waals surface area contributed by atoms with Crippen molar-refractivity contribution >= 4 is 24.8 Å². The van der Waals surface area contributed by atoms with E-state index < -0.39 is 0 Å². The molecule has 1 aliphatic carbocycles. The van der Waals surface area contributed by atoms with Gasteiger partial charge in [0.25, 0.3) is 0 Å². The zero-order valence-electron chi connectivity index (χ0n) is 12.0. The Labute approximate surface area is 147 Å². The molecule has 0 fully saturated rings. The SMILES string of the molecule is Cl.Cl.[C-]1=CC=CC1.[CH3-].[CH3-].[CH3-].[CH3-].[CH3-].[Zr].[c-]1ccc[nH]1. The number of halogens is 2. The van der Waals surface area contributed by atoms with Crippen LogP contribution in [0.1, 0.15) is 6.42 Å². The van der Waals surface area contributed by atoms with Gasteiger partial charge in [-0.2, -0.15) is 24.4 Å². The summed E-state index contributed by atoms with van der Waals surface area (Å²) in [5, 5.41) is 0. The monoisotopic (exact) mass is 368 g/mol. The molecule has 1 heterocycles. The van der Waals surface area contributed by atoms with Gasteiger partial charge in [0, 0.05) is 26.2 Å². The Kier molecular flexibility index (Phi) is 125. The molecular weight excluding hydrogens is 344 g/mol. The second-order valence-electron chi connectivity index (χ2n) is 1.82. The van der Waals surface area contributed by atoms with Gasteiger partial charge in [0.2, 0.25) is 0 Å². The zero-order chi connectivity index (χ0) is 7.07. The second kappa shape index (κ2) is 43.4. The molecule has 18 heavy (non-hydrogen) atoms. The van der Waals surface area contributed by atoms with Gasteiger partial charge in [0.15, 0.2) is 0 Å². The summed E-state index contributed by atoms with van der Waals surface area (Å²) in [5.41, 5.74) is 0. The molecule has 1 aromatic heterocycles. The molecule has 112 valence electrons. The molecule has 1 aromatic rings. The average molecular weight is 370 g/mol. The molecule has 0 unspecified atom stereocenters. The number of aromatic nitrogens is 1. The maximum absolute atomic E-state index is 2.99. The van der Waals surface area contributed by atoms with Gasteiger partial charge in [-0.25, -0.2) is 12.2 Å². The summed E-state index contributed by atoms with van der Waals surface area (Å²) in [7, 11) is 0. The van der Waals surface area contributed by atoms with Crippen molar-refractivity contribution in [2.75, 3.05) is 0 Å². The summed E-state index contributed by atoms with van der Waals surface area (Å²) < 4.78 is 0. The Morgan fingerprint density at radius 3 is 1.61 bits per heavy atom. The van der Waals surface area contributed by atoms with Crippen LogP contribution >= 0.6 is 24.8 Å². The van der Waals surface area contributed by atoms with Crippen molar-refractivity contribution in [3.05, 3.63) is 86.0 Å². The van der Waals surface area contributed by atoms with Crippen LogP contribution in [0.25, 0.3) is 0 Å². The fraction of sp³-hybridized carbons (Fsp3) is 0.0714. The Hall–Kier alpha value is 0.223. The summed E-state index contributed by atoms with van der Waals surface area (Å²) in [6, 6.07) is 3.71. The first-order valence-electron chi connectivity index (χ1n) is 3.21. The van der Waals surface area contributed by atoms with Crippen molar-refractivity contribution in [1.29, 1.82) is 0 Å². The number of nitrogens with one attached hydrogen (secondary N) is 1. The maximum Gasteiger partial charge on any atom is 0 e. The van der Waals surface area contributed by atoms with Crippen LogP contribution in [0.4, 0.5) is 0 Å². The molecule has 1 aliphatic rings. The number of allylic oxidation sites excluding steroid dienone is 4. The van der Waals surface area contributed by atoms with E-state index in [-0.39, 0.29) is 88.2 Å². The minimum Gasteiger partial charge on any atom is -0.484 e. The first-order valence-corrected chi connectivity index (χ1v) is 3.21. The van der Waals surface area contributed by atoms with Crippen LogP contribution in [0.5, 0.6) is 0 Å². The van der Waals surface area contributed by atoms with Crippen LogP contribution < -0.4 is 0 Å². The Morgan fingerprint density at radius 2 is 1.50 bits per heavy atom. The van der Waals surface area contributed by atoms with E-state index in [9.17, 15) is 0 Å². The van der Waals surface area contributed by atoms with E-state index in [1.165, 1.54) is 0 Å². The molecule has 2 rings (SSSR count). The summed E-state index contributed by atoms with van der Waals surface area (Å²) in [4.78, 5) is 2.74. The predicted molar refractivity (Wildman–Crippen MR) is 87.8 cm³/mol. The molecule has 0 radical (unpaired) electrons. The molecule has 0 atom stereocenters. The largest absolute Gasteiger partial charge is 0.484 e. The first kappa shape index (κ1) is 51.7. The first-order chi connectivity index (χ1) is 5.00. The third-order valence-electron chi connectivity index (χ3n) is 1.03. The Morgan fingerprint density at radius 1 is 0.944 bits per heavy atom. The van der Waals surface area contributed by atoms with Crippen molar-refractivity contribution in [3.8, 4) is 0 Å². The summed E-state index contributed by atoms with van der Waals surface area (Å²) in [6.45, 7) is 0. The summed E-state index contributed by atoms with van der Waals surface area (Å²) in [5.74, 6) is 0. The number of rotatable bonds is 0. The third kappa shape index (κ3) is 36.0. The number of hydrogen-bond donors (Lipinski definition) is 1. The van der Waals surface area contributed by atoms with Gasteiger partial charge >= 0.3 is 0 Å².